The van der Waals surface area contributed by atoms with Gasteiger partial charge in [-0.25, -0.2) is 0 Å². The Morgan fingerprint density at radius 2 is 1.00 bits per heavy atom. The molecule has 0 aliphatic carbocycles. The summed E-state index contributed by atoms with van der Waals surface area (Å²) in [5.74, 6) is 0. The van der Waals surface area contributed by atoms with Crippen LogP contribution < -0.4 is 0 Å². The Bertz CT molecular complexity index is 245. The third-order valence-electron chi connectivity index (χ3n) is 1.74. The van der Waals surface area contributed by atoms with Crippen LogP contribution in [-0.4, -0.2) is 28.5 Å². The highest BCUT2D eigenvalue weighted by Crippen LogP contribution is 2.31. The molecule has 0 saturated heterocycles. The average molecular weight is 311 g/mol. The van der Waals surface area contributed by atoms with Gasteiger partial charge in [0.2, 0.25) is 0 Å². The number of ether oxygens (including phenoxy) is 3. The molecule has 3 nitrogen and oxygen atoms in total. The van der Waals surface area contributed by atoms with Crippen LogP contribution in [0.3, 0.4) is 0 Å². The lowest BCUT2D eigenvalue weighted by atomic mass is 10.2. The molecule has 0 aliphatic rings. The predicted molar refractivity (Wildman–Crippen MR) is 86.7 cm³/mol. The first-order valence-electron chi connectivity index (χ1n) is 6.57. The molecule has 1 unspecified atom stereocenters. The molecule has 0 bridgehead atoms. The highest BCUT2D eigenvalue weighted by atomic mass is 33.1. The predicted octanol–water partition coefficient (Wildman–Crippen LogP) is 4.66. The van der Waals surface area contributed by atoms with Crippen LogP contribution in [0.5, 0.6) is 0 Å². The highest BCUT2D eigenvalue weighted by molar-refractivity contribution is 8.68. The van der Waals surface area contributed by atoms with Gasteiger partial charge in [0.05, 0.1) is 16.8 Å². The summed E-state index contributed by atoms with van der Waals surface area (Å²) in [6.45, 7) is 18.0. The van der Waals surface area contributed by atoms with E-state index in [0.717, 1.165) is 0 Å². The third-order valence-corrected chi connectivity index (χ3v) is 2.88. The lowest BCUT2D eigenvalue weighted by Gasteiger charge is -2.38. The van der Waals surface area contributed by atoms with Crippen molar-refractivity contribution >= 4 is 22.5 Å². The summed E-state index contributed by atoms with van der Waals surface area (Å²) in [5, 5.41) is 0. The van der Waals surface area contributed by atoms with Crippen LogP contribution in [0.4, 0.5) is 0 Å². The van der Waals surface area contributed by atoms with E-state index in [2.05, 4.69) is 11.7 Å². The molecule has 5 heteroatoms. The van der Waals surface area contributed by atoms with Gasteiger partial charge in [-0.3, -0.25) is 0 Å². The summed E-state index contributed by atoms with van der Waals surface area (Å²) in [4.78, 5) is 0. The van der Waals surface area contributed by atoms with Gasteiger partial charge in [-0.15, -0.1) is 11.7 Å². The van der Waals surface area contributed by atoms with E-state index < -0.39 is 6.29 Å². The largest absolute Gasteiger partial charge is 0.356 e. The molecule has 0 radical (unpaired) electrons. The second kappa shape index (κ2) is 7.03. The maximum atomic E-state index is 6.00. The topological polar surface area (TPSA) is 27.7 Å². The highest BCUT2D eigenvalue weighted by Gasteiger charge is 2.34. The van der Waals surface area contributed by atoms with E-state index in [1.54, 1.807) is 0 Å². The van der Waals surface area contributed by atoms with Crippen LogP contribution in [-0.2, 0) is 14.2 Å². The van der Waals surface area contributed by atoms with Crippen molar-refractivity contribution in [2.75, 3.05) is 0 Å². The third kappa shape index (κ3) is 11.0. The Balaban J connectivity index is 4.97. The molecule has 0 N–H and O–H groups in total. The lowest BCUT2D eigenvalue weighted by molar-refractivity contribution is -0.268. The van der Waals surface area contributed by atoms with Gasteiger partial charge in [0.15, 0.2) is 11.7 Å². The minimum Gasteiger partial charge on any atom is -0.356 e. The summed E-state index contributed by atoms with van der Waals surface area (Å²) in [6, 6.07) is 0. The quantitative estimate of drug-likeness (QED) is 0.454. The standard InChI is InChI=1S/C14H30O3S2/c1-12(2,3)15-10(16-13(4,5)6)11(19-18)17-14(7,8)9/h10-11,18H,1-9H3. The smallest absolute Gasteiger partial charge is 0.195 e. The van der Waals surface area contributed by atoms with Crippen molar-refractivity contribution in [2.24, 2.45) is 0 Å². The maximum Gasteiger partial charge on any atom is 0.195 e. The molecule has 0 aromatic rings. The van der Waals surface area contributed by atoms with E-state index in [9.17, 15) is 0 Å². The first kappa shape index (κ1) is 19.6. The number of rotatable bonds is 5. The lowest BCUT2D eigenvalue weighted by Crippen LogP contribution is -2.44. The Labute approximate surface area is 128 Å². The Morgan fingerprint density at radius 3 is 1.21 bits per heavy atom. The van der Waals surface area contributed by atoms with E-state index in [1.165, 1.54) is 10.8 Å². The molecule has 0 heterocycles. The Morgan fingerprint density at radius 1 is 0.684 bits per heavy atom. The average Bonchev–Trinajstić information content (AvgIpc) is 2.06. The van der Waals surface area contributed by atoms with E-state index in [0.29, 0.717) is 0 Å². The molecular formula is C14H30O3S2. The molecule has 0 aromatic carbocycles. The van der Waals surface area contributed by atoms with Gasteiger partial charge in [0.25, 0.3) is 0 Å². The zero-order chi connectivity index (χ0) is 15.5. The summed E-state index contributed by atoms with van der Waals surface area (Å²) in [5.41, 5.74) is -1.18. The number of hydrogen-bond donors (Lipinski definition) is 1. The monoisotopic (exact) mass is 310 g/mol. The maximum absolute atomic E-state index is 6.00. The van der Waals surface area contributed by atoms with Gasteiger partial charge < -0.3 is 14.2 Å². The van der Waals surface area contributed by atoms with E-state index in [1.807, 2.05) is 62.3 Å². The number of hydrogen-bond acceptors (Lipinski definition) is 5. The Hall–Kier alpha value is 0.580. The molecular weight excluding hydrogens is 280 g/mol. The van der Waals surface area contributed by atoms with Crippen molar-refractivity contribution < 1.29 is 14.2 Å². The fourth-order valence-electron chi connectivity index (χ4n) is 1.31. The van der Waals surface area contributed by atoms with Crippen molar-refractivity contribution in [3.05, 3.63) is 0 Å². The molecule has 1 atom stereocenters. The SMILES string of the molecule is CC(C)(C)OC(OC(C)(C)C)C(OC(C)(C)C)SS. The van der Waals surface area contributed by atoms with Crippen LogP contribution in [0.25, 0.3) is 0 Å². The summed E-state index contributed by atoms with van der Waals surface area (Å²) < 4.78 is 18.0. The minimum atomic E-state index is -0.471. The van der Waals surface area contributed by atoms with Gasteiger partial charge in [-0.1, -0.05) is 10.8 Å². The molecule has 19 heavy (non-hydrogen) atoms. The second-order valence-electron chi connectivity index (χ2n) is 7.53. The first-order valence-corrected chi connectivity index (χ1v) is 8.50. The zero-order valence-electron chi connectivity index (χ0n) is 13.7. The molecule has 0 saturated carbocycles. The summed E-state index contributed by atoms with van der Waals surface area (Å²) in [7, 11) is 1.31. The van der Waals surface area contributed by atoms with Crippen molar-refractivity contribution in [2.45, 2.75) is 90.8 Å². The molecule has 0 fully saturated rings. The number of thiol groups is 1. The van der Waals surface area contributed by atoms with Gasteiger partial charge >= 0.3 is 0 Å². The molecule has 0 rings (SSSR count). The van der Waals surface area contributed by atoms with E-state index >= 15 is 0 Å². The first-order chi connectivity index (χ1) is 8.23. The van der Waals surface area contributed by atoms with Crippen molar-refractivity contribution in [1.29, 1.82) is 0 Å². The van der Waals surface area contributed by atoms with Gasteiger partial charge in [-0.05, 0) is 62.3 Å². The zero-order valence-corrected chi connectivity index (χ0v) is 15.4. The molecule has 0 aromatic heterocycles. The summed E-state index contributed by atoms with van der Waals surface area (Å²) >= 11 is 4.30. The fourth-order valence-corrected chi connectivity index (χ4v) is 2.28. The van der Waals surface area contributed by atoms with Crippen LogP contribution in [0.1, 0.15) is 62.3 Å². The van der Waals surface area contributed by atoms with Crippen LogP contribution in [0, 0.1) is 0 Å². The van der Waals surface area contributed by atoms with Crippen LogP contribution in [0.15, 0.2) is 0 Å². The molecule has 0 aliphatic heterocycles. The van der Waals surface area contributed by atoms with Crippen molar-refractivity contribution in [3.63, 3.8) is 0 Å². The van der Waals surface area contributed by atoms with Gasteiger partial charge in [-0.2, -0.15) is 0 Å². The van der Waals surface area contributed by atoms with Gasteiger partial charge in [0.1, 0.15) is 0 Å². The van der Waals surface area contributed by atoms with Crippen molar-refractivity contribution in [1.82, 2.24) is 0 Å². The molecule has 0 spiro atoms. The normalized spacial score (nSPS) is 15.9. The van der Waals surface area contributed by atoms with Crippen molar-refractivity contribution in [3.8, 4) is 0 Å². The minimum absolute atomic E-state index is 0.277. The van der Waals surface area contributed by atoms with Gasteiger partial charge in [0, 0.05) is 0 Å². The van der Waals surface area contributed by atoms with E-state index in [-0.39, 0.29) is 22.2 Å². The molecule has 116 valence electrons. The van der Waals surface area contributed by atoms with E-state index in [4.69, 9.17) is 14.2 Å². The summed E-state index contributed by atoms with van der Waals surface area (Å²) in [6.07, 6.45) is -0.471. The van der Waals surface area contributed by atoms with Crippen LogP contribution >= 0.6 is 22.5 Å². The van der Waals surface area contributed by atoms with Crippen LogP contribution in [0.2, 0.25) is 0 Å². The Kier molecular flexibility index (Phi) is 7.24. The molecule has 0 amide bonds. The fraction of sp³-hybridized carbons (Fsp3) is 1.00. The second-order valence-corrected chi connectivity index (χ2v) is 8.84.